The van der Waals surface area contributed by atoms with E-state index in [0.29, 0.717) is 23.1 Å². The van der Waals surface area contributed by atoms with Gasteiger partial charge in [0, 0.05) is 28.7 Å². The first kappa shape index (κ1) is 21.8. The number of halogens is 1. The van der Waals surface area contributed by atoms with Gasteiger partial charge in [-0.25, -0.2) is 4.98 Å². The highest BCUT2D eigenvalue weighted by Crippen LogP contribution is 2.32. The van der Waals surface area contributed by atoms with Gasteiger partial charge >= 0.3 is 0 Å². The molecule has 0 radical (unpaired) electrons. The number of carbonyl (C=O) groups excluding carboxylic acids is 1. The molecule has 4 aromatic rings. The Bertz CT molecular complexity index is 1160. The molecule has 0 saturated carbocycles. The zero-order valence-electron chi connectivity index (χ0n) is 17.1. The van der Waals surface area contributed by atoms with Crippen LogP contribution in [-0.4, -0.2) is 21.6 Å². The smallest absolute Gasteiger partial charge is 0.229 e. The van der Waals surface area contributed by atoms with Crippen LogP contribution in [0.15, 0.2) is 71.9 Å². The number of thioether (sulfide) groups is 1. The van der Waals surface area contributed by atoms with Gasteiger partial charge in [-0.1, -0.05) is 46.7 Å². The zero-order valence-corrected chi connectivity index (χ0v) is 19.5. The van der Waals surface area contributed by atoms with E-state index in [2.05, 4.69) is 36.2 Å². The van der Waals surface area contributed by atoms with Gasteiger partial charge in [0.05, 0.1) is 16.8 Å². The van der Waals surface area contributed by atoms with Crippen molar-refractivity contribution in [3.8, 4) is 0 Å². The Kier molecular flexibility index (Phi) is 7.22. The highest BCUT2D eigenvalue weighted by Gasteiger charge is 2.20. The second-order valence-electron chi connectivity index (χ2n) is 7.21. The number of rotatable bonds is 8. The molecule has 7 heteroatoms. The lowest BCUT2D eigenvalue weighted by molar-refractivity contribution is -0.118. The van der Waals surface area contributed by atoms with Crippen LogP contribution in [-0.2, 0) is 11.3 Å². The lowest BCUT2D eigenvalue weighted by Gasteiger charge is -2.20. The molecule has 1 amide bonds. The average molecular weight is 468 g/mol. The fourth-order valence-corrected chi connectivity index (χ4v) is 5.23. The topological polar surface area (TPSA) is 46.1 Å². The summed E-state index contributed by atoms with van der Waals surface area (Å²) in [4.78, 5) is 25.1. The van der Waals surface area contributed by atoms with E-state index in [-0.39, 0.29) is 5.91 Å². The fraction of sp³-hybridized carbons (Fsp3) is 0.208. The molecule has 0 saturated heterocycles. The van der Waals surface area contributed by atoms with E-state index in [1.54, 1.807) is 29.1 Å². The van der Waals surface area contributed by atoms with E-state index in [9.17, 15) is 4.79 Å². The standard InChI is InChI=1S/C24H22ClN3OS2/c1-17-6-9-20(10-7-17)30-13-3-5-23(29)28(16-18-4-2-12-26-15-18)24-27-21-11-8-19(25)14-22(21)31-24/h2,4,6-12,14-15H,3,5,13,16H2,1H3. The van der Waals surface area contributed by atoms with E-state index in [0.717, 1.165) is 28.0 Å². The van der Waals surface area contributed by atoms with Crippen molar-refractivity contribution in [2.75, 3.05) is 10.7 Å². The van der Waals surface area contributed by atoms with Crippen LogP contribution in [0.1, 0.15) is 24.0 Å². The zero-order chi connectivity index (χ0) is 21.6. The molecule has 0 N–H and O–H groups in total. The number of fused-ring (bicyclic) bond motifs is 1. The van der Waals surface area contributed by atoms with E-state index >= 15 is 0 Å². The summed E-state index contributed by atoms with van der Waals surface area (Å²) in [6, 6.07) is 17.9. The van der Waals surface area contributed by atoms with E-state index < -0.39 is 0 Å². The van der Waals surface area contributed by atoms with Crippen molar-refractivity contribution in [1.82, 2.24) is 9.97 Å². The first-order valence-electron chi connectivity index (χ1n) is 10.0. The minimum atomic E-state index is 0.0681. The third-order valence-electron chi connectivity index (χ3n) is 4.76. The Morgan fingerprint density at radius 2 is 2.00 bits per heavy atom. The van der Waals surface area contributed by atoms with E-state index in [1.165, 1.54) is 21.8 Å². The molecule has 2 aromatic heterocycles. The van der Waals surface area contributed by atoms with Crippen molar-refractivity contribution in [1.29, 1.82) is 0 Å². The van der Waals surface area contributed by atoms with Crippen molar-refractivity contribution >= 4 is 56.0 Å². The molecule has 0 bridgehead atoms. The van der Waals surface area contributed by atoms with Gasteiger partial charge in [0.25, 0.3) is 0 Å². The van der Waals surface area contributed by atoms with Crippen LogP contribution in [0.4, 0.5) is 5.13 Å². The summed E-state index contributed by atoms with van der Waals surface area (Å²) in [5.41, 5.74) is 3.08. The minimum absolute atomic E-state index is 0.0681. The second kappa shape index (κ2) is 10.3. The molecular formula is C24H22ClN3OS2. The lowest BCUT2D eigenvalue weighted by Crippen LogP contribution is -2.30. The maximum atomic E-state index is 13.2. The Morgan fingerprint density at radius 1 is 1.16 bits per heavy atom. The van der Waals surface area contributed by atoms with Gasteiger partial charge < -0.3 is 0 Å². The van der Waals surface area contributed by atoms with Crippen LogP contribution in [0.3, 0.4) is 0 Å². The highest BCUT2D eigenvalue weighted by molar-refractivity contribution is 7.99. The average Bonchev–Trinajstić information content (AvgIpc) is 3.19. The monoisotopic (exact) mass is 467 g/mol. The molecule has 0 unspecified atom stereocenters. The van der Waals surface area contributed by atoms with Gasteiger partial charge in [-0.3, -0.25) is 14.7 Å². The SMILES string of the molecule is Cc1ccc(SCCCC(=O)N(Cc2cccnc2)c2nc3ccc(Cl)cc3s2)cc1. The van der Waals surface area contributed by atoms with Crippen molar-refractivity contribution in [3.05, 3.63) is 83.1 Å². The fourth-order valence-electron chi connectivity index (χ4n) is 3.12. The predicted molar refractivity (Wildman–Crippen MR) is 131 cm³/mol. The van der Waals surface area contributed by atoms with Crippen LogP contribution in [0.5, 0.6) is 0 Å². The van der Waals surface area contributed by atoms with Gasteiger partial charge in [0.15, 0.2) is 5.13 Å². The number of hydrogen-bond acceptors (Lipinski definition) is 5. The van der Waals surface area contributed by atoms with Crippen LogP contribution in [0, 0.1) is 6.92 Å². The van der Waals surface area contributed by atoms with E-state index in [4.69, 9.17) is 16.6 Å². The predicted octanol–water partition coefficient (Wildman–Crippen LogP) is 6.76. The number of benzene rings is 2. The van der Waals surface area contributed by atoms with Crippen LogP contribution in [0.2, 0.25) is 5.02 Å². The van der Waals surface area contributed by atoms with Gasteiger partial charge in [0.1, 0.15) is 0 Å². The summed E-state index contributed by atoms with van der Waals surface area (Å²) in [5, 5.41) is 1.36. The van der Waals surface area contributed by atoms with Crippen LogP contribution < -0.4 is 4.90 Å². The molecule has 0 fully saturated rings. The number of aryl methyl sites for hydroxylation is 1. The number of anilines is 1. The summed E-state index contributed by atoms with van der Waals surface area (Å²) in [6.07, 6.45) is 4.79. The Morgan fingerprint density at radius 3 is 2.77 bits per heavy atom. The van der Waals surface area contributed by atoms with Crippen LogP contribution >= 0.6 is 34.7 Å². The summed E-state index contributed by atoms with van der Waals surface area (Å²) in [6.45, 7) is 2.53. The number of amides is 1. The molecule has 2 aromatic carbocycles. The van der Waals surface area contributed by atoms with Gasteiger partial charge in [-0.15, -0.1) is 11.8 Å². The third-order valence-corrected chi connectivity index (χ3v) is 7.13. The molecule has 31 heavy (non-hydrogen) atoms. The number of nitrogens with zero attached hydrogens (tertiary/aromatic N) is 3. The quantitative estimate of drug-likeness (QED) is 0.212. The van der Waals surface area contributed by atoms with Gasteiger partial charge in [-0.05, 0) is 61.1 Å². The Hall–Kier alpha value is -2.41. The molecule has 4 rings (SSSR count). The first-order chi connectivity index (χ1) is 15.1. The lowest BCUT2D eigenvalue weighted by atomic mass is 10.2. The van der Waals surface area contributed by atoms with Crippen molar-refractivity contribution in [2.24, 2.45) is 0 Å². The molecule has 158 valence electrons. The molecule has 0 aliphatic rings. The Balaban J connectivity index is 1.46. The molecule has 2 heterocycles. The van der Waals surface area contributed by atoms with Crippen molar-refractivity contribution in [2.45, 2.75) is 31.2 Å². The highest BCUT2D eigenvalue weighted by atomic mass is 35.5. The molecule has 0 aliphatic heterocycles. The minimum Gasteiger partial charge on any atom is -0.284 e. The first-order valence-corrected chi connectivity index (χ1v) is 12.2. The number of thiazole rings is 1. The summed E-state index contributed by atoms with van der Waals surface area (Å²) in [5.74, 6) is 0.962. The summed E-state index contributed by atoms with van der Waals surface area (Å²) in [7, 11) is 0. The van der Waals surface area contributed by atoms with E-state index in [1.807, 2.05) is 30.3 Å². The molecule has 0 atom stereocenters. The maximum Gasteiger partial charge on any atom is 0.229 e. The molecule has 0 spiro atoms. The maximum absolute atomic E-state index is 13.2. The summed E-state index contributed by atoms with van der Waals surface area (Å²) < 4.78 is 0.974. The molecular weight excluding hydrogens is 446 g/mol. The second-order valence-corrected chi connectivity index (χ2v) is 9.83. The van der Waals surface area contributed by atoms with Crippen molar-refractivity contribution in [3.63, 3.8) is 0 Å². The number of pyridine rings is 1. The van der Waals surface area contributed by atoms with Gasteiger partial charge in [0.2, 0.25) is 5.91 Å². The normalized spacial score (nSPS) is 11.0. The number of hydrogen-bond donors (Lipinski definition) is 0. The molecule has 0 aliphatic carbocycles. The van der Waals surface area contributed by atoms with Gasteiger partial charge in [-0.2, -0.15) is 0 Å². The summed E-state index contributed by atoms with van der Waals surface area (Å²) >= 11 is 9.40. The van der Waals surface area contributed by atoms with Crippen molar-refractivity contribution < 1.29 is 4.79 Å². The third kappa shape index (κ3) is 5.85. The number of carbonyl (C=O) groups is 1. The largest absolute Gasteiger partial charge is 0.284 e. The Labute approximate surface area is 195 Å². The van der Waals surface area contributed by atoms with Crippen LogP contribution in [0.25, 0.3) is 10.2 Å². The number of aromatic nitrogens is 2. The molecule has 4 nitrogen and oxygen atoms in total.